The zero-order valence-corrected chi connectivity index (χ0v) is 8.27. The first-order valence-corrected chi connectivity index (χ1v) is 4.91. The van der Waals surface area contributed by atoms with E-state index >= 15 is 0 Å². The molecule has 1 aliphatic rings. The third-order valence-corrected chi connectivity index (χ3v) is 2.22. The van der Waals surface area contributed by atoms with Crippen LogP contribution in [0.1, 0.15) is 25.7 Å². The van der Waals surface area contributed by atoms with Gasteiger partial charge >= 0.3 is 6.18 Å². The predicted octanol–water partition coefficient (Wildman–Crippen LogP) is 1.62. The van der Waals surface area contributed by atoms with E-state index in [1.54, 1.807) is 0 Å². The van der Waals surface area contributed by atoms with Gasteiger partial charge < -0.3 is 10.1 Å². The van der Waals surface area contributed by atoms with Crippen molar-refractivity contribution >= 4 is 5.91 Å². The van der Waals surface area contributed by atoms with Gasteiger partial charge in [0.1, 0.15) is 13.2 Å². The van der Waals surface area contributed by atoms with Gasteiger partial charge in [0.25, 0.3) is 0 Å². The molecule has 0 aromatic heterocycles. The molecule has 0 aromatic carbocycles. The van der Waals surface area contributed by atoms with Crippen LogP contribution in [0.25, 0.3) is 0 Å². The lowest BCUT2D eigenvalue weighted by molar-refractivity contribution is -0.175. The van der Waals surface area contributed by atoms with Gasteiger partial charge in [-0.2, -0.15) is 13.2 Å². The fourth-order valence-electron chi connectivity index (χ4n) is 1.60. The SMILES string of the molecule is O=C(COCC(F)(F)F)NC1CCCC1. The third-order valence-electron chi connectivity index (χ3n) is 2.22. The number of nitrogens with one attached hydrogen (secondary N) is 1. The second-order valence-corrected chi connectivity index (χ2v) is 3.66. The van der Waals surface area contributed by atoms with Gasteiger partial charge in [0.15, 0.2) is 0 Å². The minimum absolute atomic E-state index is 0.118. The van der Waals surface area contributed by atoms with Crippen molar-refractivity contribution in [1.29, 1.82) is 0 Å². The monoisotopic (exact) mass is 225 g/mol. The number of ether oxygens (including phenoxy) is 1. The van der Waals surface area contributed by atoms with Gasteiger partial charge in [0.05, 0.1) is 0 Å². The van der Waals surface area contributed by atoms with Gasteiger partial charge in [-0.15, -0.1) is 0 Å². The van der Waals surface area contributed by atoms with Gasteiger partial charge in [0, 0.05) is 6.04 Å². The summed E-state index contributed by atoms with van der Waals surface area (Å²) >= 11 is 0. The van der Waals surface area contributed by atoms with Crippen molar-refractivity contribution in [2.75, 3.05) is 13.2 Å². The number of hydrogen-bond acceptors (Lipinski definition) is 2. The van der Waals surface area contributed by atoms with Crippen LogP contribution in [0.3, 0.4) is 0 Å². The molecule has 0 bridgehead atoms. The lowest BCUT2D eigenvalue weighted by Gasteiger charge is -2.12. The lowest BCUT2D eigenvalue weighted by Crippen LogP contribution is -2.36. The Morgan fingerprint density at radius 1 is 1.33 bits per heavy atom. The first kappa shape index (κ1) is 12.3. The molecule has 0 heterocycles. The summed E-state index contributed by atoms with van der Waals surface area (Å²) in [6.07, 6.45) is -0.424. The molecule has 1 N–H and O–H groups in total. The van der Waals surface area contributed by atoms with E-state index in [1.165, 1.54) is 0 Å². The van der Waals surface area contributed by atoms with E-state index in [1.807, 2.05) is 0 Å². The number of carbonyl (C=O) groups excluding carboxylic acids is 1. The summed E-state index contributed by atoms with van der Waals surface area (Å²) in [7, 11) is 0. The molecule has 0 atom stereocenters. The van der Waals surface area contributed by atoms with Crippen molar-refractivity contribution in [3.8, 4) is 0 Å². The highest BCUT2D eigenvalue weighted by molar-refractivity contribution is 5.77. The summed E-state index contributed by atoms with van der Waals surface area (Å²) in [6.45, 7) is -1.89. The van der Waals surface area contributed by atoms with Crippen molar-refractivity contribution < 1.29 is 22.7 Å². The average Bonchev–Trinajstić information content (AvgIpc) is 2.54. The minimum Gasteiger partial charge on any atom is -0.362 e. The highest BCUT2D eigenvalue weighted by Gasteiger charge is 2.28. The highest BCUT2D eigenvalue weighted by atomic mass is 19.4. The number of halogens is 3. The van der Waals surface area contributed by atoms with Crippen LogP contribution >= 0.6 is 0 Å². The average molecular weight is 225 g/mol. The second kappa shape index (κ2) is 5.34. The van der Waals surface area contributed by atoms with Crippen LogP contribution in [0.5, 0.6) is 0 Å². The molecule has 0 radical (unpaired) electrons. The quantitative estimate of drug-likeness (QED) is 0.789. The Morgan fingerprint density at radius 3 is 2.47 bits per heavy atom. The number of amides is 1. The molecule has 0 saturated heterocycles. The molecule has 1 saturated carbocycles. The van der Waals surface area contributed by atoms with E-state index in [9.17, 15) is 18.0 Å². The third kappa shape index (κ3) is 5.61. The molecule has 6 heteroatoms. The Balaban J connectivity index is 2.08. The number of carbonyl (C=O) groups is 1. The topological polar surface area (TPSA) is 38.3 Å². The summed E-state index contributed by atoms with van der Waals surface area (Å²) in [4.78, 5) is 11.1. The number of hydrogen-bond donors (Lipinski definition) is 1. The number of rotatable bonds is 4. The van der Waals surface area contributed by atoms with E-state index in [-0.39, 0.29) is 6.04 Å². The molecule has 3 nitrogen and oxygen atoms in total. The first-order chi connectivity index (χ1) is 6.97. The Hall–Kier alpha value is -0.780. The molecule has 0 aliphatic heterocycles. The van der Waals surface area contributed by atoms with E-state index < -0.39 is 25.3 Å². The van der Waals surface area contributed by atoms with Crippen molar-refractivity contribution in [3.05, 3.63) is 0 Å². The van der Waals surface area contributed by atoms with Crippen molar-refractivity contribution in [3.63, 3.8) is 0 Å². The summed E-state index contributed by atoms with van der Waals surface area (Å²) in [5.74, 6) is -0.467. The highest BCUT2D eigenvalue weighted by Crippen LogP contribution is 2.17. The van der Waals surface area contributed by atoms with Crippen LogP contribution < -0.4 is 5.32 Å². The van der Waals surface area contributed by atoms with Crippen LogP contribution in [0.2, 0.25) is 0 Å². The fourth-order valence-corrected chi connectivity index (χ4v) is 1.60. The van der Waals surface area contributed by atoms with Crippen LogP contribution in [0.15, 0.2) is 0 Å². The smallest absolute Gasteiger partial charge is 0.362 e. The number of alkyl halides is 3. The molecule has 1 aliphatic carbocycles. The molecule has 0 spiro atoms. The lowest BCUT2D eigenvalue weighted by atomic mass is 10.2. The predicted molar refractivity (Wildman–Crippen MR) is 47.3 cm³/mol. The molecule has 0 unspecified atom stereocenters. The van der Waals surface area contributed by atoms with E-state index in [0.717, 1.165) is 25.7 Å². The standard InChI is InChI=1S/C9H14F3NO2/c10-9(11,12)6-15-5-8(14)13-7-3-1-2-4-7/h7H,1-6H2,(H,13,14). The maximum atomic E-state index is 11.7. The molecule has 88 valence electrons. The molecule has 1 fully saturated rings. The fraction of sp³-hybridized carbons (Fsp3) is 0.889. The van der Waals surface area contributed by atoms with Crippen molar-refractivity contribution in [2.45, 2.75) is 37.9 Å². The Kier molecular flexibility index (Phi) is 4.38. The largest absolute Gasteiger partial charge is 0.411 e. The zero-order chi connectivity index (χ0) is 11.3. The first-order valence-electron chi connectivity index (χ1n) is 4.91. The normalized spacial score (nSPS) is 18.1. The van der Waals surface area contributed by atoms with Crippen molar-refractivity contribution in [1.82, 2.24) is 5.32 Å². The summed E-state index contributed by atoms with van der Waals surface area (Å²) < 4.78 is 39.2. The summed E-state index contributed by atoms with van der Waals surface area (Å²) in [6, 6.07) is 0.118. The van der Waals surface area contributed by atoms with Gasteiger partial charge in [-0.3, -0.25) is 4.79 Å². The molecule has 0 aromatic rings. The summed E-state index contributed by atoms with van der Waals surface area (Å²) in [5, 5.41) is 2.63. The van der Waals surface area contributed by atoms with Crippen molar-refractivity contribution in [2.24, 2.45) is 0 Å². The Labute approximate surface area is 86.0 Å². The van der Waals surface area contributed by atoms with Gasteiger partial charge in [-0.1, -0.05) is 12.8 Å². The second-order valence-electron chi connectivity index (χ2n) is 3.66. The summed E-state index contributed by atoms with van der Waals surface area (Å²) in [5.41, 5.74) is 0. The van der Waals surface area contributed by atoms with Gasteiger partial charge in [0.2, 0.25) is 5.91 Å². The Morgan fingerprint density at radius 2 is 1.93 bits per heavy atom. The van der Waals surface area contributed by atoms with Crippen LogP contribution in [0.4, 0.5) is 13.2 Å². The van der Waals surface area contributed by atoms with Crippen LogP contribution in [0, 0.1) is 0 Å². The van der Waals surface area contributed by atoms with Crippen LogP contribution in [-0.4, -0.2) is 31.3 Å². The van der Waals surface area contributed by atoms with E-state index in [2.05, 4.69) is 10.1 Å². The maximum Gasteiger partial charge on any atom is 0.411 e. The van der Waals surface area contributed by atoms with E-state index in [4.69, 9.17) is 0 Å². The zero-order valence-electron chi connectivity index (χ0n) is 8.27. The van der Waals surface area contributed by atoms with Gasteiger partial charge in [-0.25, -0.2) is 0 Å². The molecule has 1 amide bonds. The van der Waals surface area contributed by atoms with Gasteiger partial charge in [-0.05, 0) is 12.8 Å². The molecule has 1 rings (SSSR count). The molecular formula is C9H14F3NO2. The van der Waals surface area contributed by atoms with E-state index in [0.29, 0.717) is 0 Å². The molecule has 15 heavy (non-hydrogen) atoms. The molecular weight excluding hydrogens is 211 g/mol. The maximum absolute atomic E-state index is 11.7. The van der Waals surface area contributed by atoms with Crippen LogP contribution in [-0.2, 0) is 9.53 Å². The Bertz CT molecular complexity index is 212. The minimum atomic E-state index is -4.37.